The Labute approximate surface area is 104 Å². The van der Waals surface area contributed by atoms with E-state index in [2.05, 4.69) is 10.3 Å². The van der Waals surface area contributed by atoms with Crippen LogP contribution in [0.1, 0.15) is 13.3 Å². The topological polar surface area (TPSA) is 87.8 Å². The van der Waals surface area contributed by atoms with E-state index in [1.165, 1.54) is 12.1 Å². The largest absolute Gasteiger partial charge is 0.506 e. The van der Waals surface area contributed by atoms with Crippen LogP contribution in [0.25, 0.3) is 0 Å². The quantitative estimate of drug-likeness (QED) is 0.477. The van der Waals surface area contributed by atoms with Gasteiger partial charge in [-0.05, 0) is 12.5 Å². The second-order valence-corrected chi connectivity index (χ2v) is 4.12. The van der Waals surface area contributed by atoms with E-state index in [0.717, 1.165) is 18.3 Å². The van der Waals surface area contributed by atoms with Crippen LogP contribution in [0.4, 0.5) is 11.4 Å². The number of rotatable bonds is 2. The third kappa shape index (κ3) is 2.48. The second kappa shape index (κ2) is 4.87. The third-order valence-electron chi connectivity index (χ3n) is 2.73. The van der Waals surface area contributed by atoms with Crippen molar-refractivity contribution < 1.29 is 10.0 Å². The number of nitrogens with zero attached hydrogens (tertiary/aromatic N) is 2. The van der Waals surface area contributed by atoms with Crippen LogP contribution in [0.15, 0.2) is 35.5 Å². The Morgan fingerprint density at radius 1 is 1.56 bits per heavy atom. The van der Waals surface area contributed by atoms with Crippen LogP contribution in [0.3, 0.4) is 0 Å². The average Bonchev–Trinajstić information content (AvgIpc) is 2.34. The molecule has 6 heteroatoms. The maximum Gasteiger partial charge on any atom is 0.273 e. The van der Waals surface area contributed by atoms with Crippen molar-refractivity contribution in [1.82, 2.24) is 0 Å². The molecule has 1 aromatic carbocycles. The molecule has 6 nitrogen and oxygen atoms in total. The van der Waals surface area contributed by atoms with Gasteiger partial charge in [-0.15, -0.1) is 0 Å². The van der Waals surface area contributed by atoms with Gasteiger partial charge in [0.1, 0.15) is 11.6 Å². The van der Waals surface area contributed by atoms with Gasteiger partial charge in [0.05, 0.1) is 16.7 Å². The first-order valence-corrected chi connectivity index (χ1v) is 5.55. The molecule has 1 aliphatic heterocycles. The molecule has 0 amide bonds. The minimum atomic E-state index is -0.549. The van der Waals surface area contributed by atoms with Gasteiger partial charge < -0.3 is 10.4 Å². The molecule has 0 spiro atoms. The highest BCUT2D eigenvalue weighted by Gasteiger charge is 2.15. The Morgan fingerprint density at radius 2 is 2.33 bits per heavy atom. The summed E-state index contributed by atoms with van der Waals surface area (Å²) in [6, 6.07) is 3.93. The van der Waals surface area contributed by atoms with E-state index in [-0.39, 0.29) is 17.4 Å². The summed E-state index contributed by atoms with van der Waals surface area (Å²) in [5.41, 5.74) is 0.276. The van der Waals surface area contributed by atoms with E-state index in [0.29, 0.717) is 5.69 Å². The molecule has 0 saturated carbocycles. The Balaban J connectivity index is 2.22. The van der Waals surface area contributed by atoms with Gasteiger partial charge in [-0.25, -0.2) is 4.99 Å². The number of hydrogen-bond acceptors (Lipinski definition) is 5. The Kier molecular flexibility index (Phi) is 3.27. The molecule has 0 radical (unpaired) electrons. The molecule has 0 aromatic heterocycles. The number of benzene rings is 1. The van der Waals surface area contributed by atoms with E-state index in [1.807, 2.05) is 13.0 Å². The average molecular weight is 247 g/mol. The van der Waals surface area contributed by atoms with Gasteiger partial charge in [-0.3, -0.25) is 10.1 Å². The Hall–Kier alpha value is -2.37. The van der Waals surface area contributed by atoms with Gasteiger partial charge in [0.25, 0.3) is 5.69 Å². The highest BCUT2D eigenvalue weighted by atomic mass is 16.6. The Bertz CT molecular complexity index is 537. The molecule has 94 valence electrons. The molecular weight excluding hydrogens is 234 g/mol. The summed E-state index contributed by atoms with van der Waals surface area (Å²) in [6.45, 7) is 2.01. The van der Waals surface area contributed by atoms with E-state index in [4.69, 9.17) is 0 Å². The van der Waals surface area contributed by atoms with Crippen LogP contribution < -0.4 is 5.32 Å². The molecule has 1 aliphatic rings. The smallest absolute Gasteiger partial charge is 0.273 e. The summed E-state index contributed by atoms with van der Waals surface area (Å²) < 4.78 is 0. The van der Waals surface area contributed by atoms with Crippen molar-refractivity contribution in [3.8, 4) is 5.75 Å². The lowest BCUT2D eigenvalue weighted by Gasteiger charge is -2.17. The lowest BCUT2D eigenvalue weighted by atomic mass is 10.0. The first kappa shape index (κ1) is 12.1. The number of nitro groups is 1. The zero-order valence-corrected chi connectivity index (χ0v) is 9.83. The van der Waals surface area contributed by atoms with Crippen LogP contribution in [-0.4, -0.2) is 15.9 Å². The summed E-state index contributed by atoms with van der Waals surface area (Å²) in [5, 5.41) is 23.3. The molecule has 2 N–H and O–H groups in total. The number of aliphatic imine (C=N–C) groups is 1. The minimum absolute atomic E-state index is 0.142. The van der Waals surface area contributed by atoms with Crippen LogP contribution >= 0.6 is 0 Å². The fraction of sp³-hybridized carbons (Fsp3) is 0.250. The fourth-order valence-corrected chi connectivity index (χ4v) is 1.67. The molecule has 1 aromatic rings. The summed E-state index contributed by atoms with van der Waals surface area (Å²) in [6.07, 6.45) is 4.54. The predicted molar refractivity (Wildman–Crippen MR) is 68.7 cm³/mol. The van der Waals surface area contributed by atoms with Crippen LogP contribution in [-0.2, 0) is 0 Å². The van der Waals surface area contributed by atoms with Gasteiger partial charge in [0, 0.05) is 18.2 Å². The van der Waals surface area contributed by atoms with Crippen LogP contribution in [0, 0.1) is 16.0 Å². The standard InChI is InChI=1S/C12H13N3O3/c1-8-3-2-6-13-12(8)14-10-5-4-9(15(17)18)7-11(10)16/h2,4-8,16H,3H2,1H3,(H,13,14). The molecule has 0 fully saturated rings. The second-order valence-electron chi connectivity index (χ2n) is 4.12. The molecule has 18 heavy (non-hydrogen) atoms. The minimum Gasteiger partial charge on any atom is -0.506 e. The van der Waals surface area contributed by atoms with Crippen LogP contribution in [0.5, 0.6) is 5.75 Å². The number of allylic oxidation sites excluding steroid dienone is 1. The number of non-ortho nitro benzene ring substituents is 1. The highest BCUT2D eigenvalue weighted by molar-refractivity contribution is 5.99. The van der Waals surface area contributed by atoms with E-state index < -0.39 is 4.92 Å². The monoisotopic (exact) mass is 247 g/mol. The number of phenolic OH excluding ortho intramolecular Hbond substituents is 1. The number of aromatic hydroxyl groups is 1. The van der Waals surface area contributed by atoms with Crippen molar-refractivity contribution in [3.63, 3.8) is 0 Å². The number of phenols is 1. The summed E-state index contributed by atoms with van der Waals surface area (Å²) in [4.78, 5) is 14.2. The summed E-state index contributed by atoms with van der Waals surface area (Å²) in [7, 11) is 0. The molecule has 1 unspecified atom stereocenters. The first-order valence-electron chi connectivity index (χ1n) is 5.55. The van der Waals surface area contributed by atoms with Crippen molar-refractivity contribution in [1.29, 1.82) is 0 Å². The third-order valence-corrected chi connectivity index (χ3v) is 2.73. The van der Waals surface area contributed by atoms with Gasteiger partial charge in [-0.1, -0.05) is 13.0 Å². The maximum atomic E-state index is 10.5. The molecule has 0 aliphatic carbocycles. The van der Waals surface area contributed by atoms with Gasteiger partial charge in [-0.2, -0.15) is 0 Å². The van der Waals surface area contributed by atoms with Crippen molar-refractivity contribution in [2.45, 2.75) is 13.3 Å². The van der Waals surface area contributed by atoms with E-state index in [1.54, 1.807) is 6.20 Å². The molecule has 1 heterocycles. The molecule has 0 bridgehead atoms. The van der Waals surface area contributed by atoms with Crippen molar-refractivity contribution in [3.05, 3.63) is 40.6 Å². The first-order chi connectivity index (χ1) is 8.58. The van der Waals surface area contributed by atoms with E-state index in [9.17, 15) is 15.2 Å². The van der Waals surface area contributed by atoms with E-state index >= 15 is 0 Å². The van der Waals surface area contributed by atoms with Gasteiger partial charge in [0.15, 0.2) is 0 Å². The highest BCUT2D eigenvalue weighted by Crippen LogP contribution is 2.28. The summed E-state index contributed by atoms with van der Waals surface area (Å²) in [5.74, 6) is 0.805. The predicted octanol–water partition coefficient (Wildman–Crippen LogP) is 2.66. The number of nitro benzene ring substituents is 1. The lowest BCUT2D eigenvalue weighted by molar-refractivity contribution is -0.384. The van der Waals surface area contributed by atoms with Gasteiger partial charge >= 0.3 is 0 Å². The summed E-state index contributed by atoms with van der Waals surface area (Å²) >= 11 is 0. The molecular formula is C12H13N3O3. The normalized spacial score (nSPS) is 18.3. The SMILES string of the molecule is CC1CC=CN=C1Nc1ccc([N+](=O)[O-])cc1O. The molecule has 1 atom stereocenters. The van der Waals surface area contributed by atoms with Crippen molar-refractivity contribution >= 4 is 17.2 Å². The Morgan fingerprint density at radius 3 is 2.94 bits per heavy atom. The number of anilines is 1. The molecule has 2 rings (SSSR count). The van der Waals surface area contributed by atoms with Gasteiger partial charge in [0.2, 0.25) is 0 Å². The zero-order chi connectivity index (χ0) is 13.1. The van der Waals surface area contributed by atoms with Crippen molar-refractivity contribution in [2.24, 2.45) is 10.9 Å². The number of amidine groups is 1. The van der Waals surface area contributed by atoms with Crippen molar-refractivity contribution in [2.75, 3.05) is 5.32 Å². The zero-order valence-electron chi connectivity index (χ0n) is 9.83. The maximum absolute atomic E-state index is 10.5. The lowest BCUT2D eigenvalue weighted by Crippen LogP contribution is -2.21. The van der Waals surface area contributed by atoms with Crippen LogP contribution in [0.2, 0.25) is 0 Å². The number of nitrogens with one attached hydrogen (secondary N) is 1. The fourth-order valence-electron chi connectivity index (χ4n) is 1.67. The number of hydrogen-bond donors (Lipinski definition) is 2. The molecule has 0 saturated heterocycles.